The molecule has 2 N–H and O–H groups in total. The SMILES string of the molecule is CCS(=O)(=O)N[C@@H]1CCC[C@@H](NC(=O)c2csc(Cc3ccccc3)n2)C1. The number of rotatable bonds is 7. The van der Waals surface area contributed by atoms with E-state index in [2.05, 4.69) is 15.0 Å². The quantitative estimate of drug-likeness (QED) is 0.739. The van der Waals surface area contributed by atoms with E-state index in [0.717, 1.165) is 29.8 Å². The number of hydrogen-bond donors (Lipinski definition) is 2. The van der Waals surface area contributed by atoms with Gasteiger partial charge in [0, 0.05) is 23.9 Å². The van der Waals surface area contributed by atoms with Gasteiger partial charge in [0.1, 0.15) is 5.69 Å². The Bertz CT molecular complexity index is 865. The first-order chi connectivity index (χ1) is 12.9. The molecule has 1 aliphatic rings. The normalized spacial score (nSPS) is 20.3. The Labute approximate surface area is 164 Å². The maximum atomic E-state index is 12.5. The number of aromatic nitrogens is 1. The van der Waals surface area contributed by atoms with E-state index in [1.54, 1.807) is 12.3 Å². The minimum absolute atomic E-state index is 0.0323. The molecule has 6 nitrogen and oxygen atoms in total. The second kappa shape index (κ2) is 8.95. The number of nitrogens with one attached hydrogen (secondary N) is 2. The molecule has 0 spiro atoms. The highest BCUT2D eigenvalue weighted by atomic mass is 32.2. The molecular weight excluding hydrogens is 382 g/mol. The Hall–Kier alpha value is -1.77. The van der Waals surface area contributed by atoms with Crippen molar-refractivity contribution in [3.05, 3.63) is 52.0 Å². The van der Waals surface area contributed by atoms with Gasteiger partial charge in [0.15, 0.2) is 0 Å². The number of carbonyl (C=O) groups excluding carboxylic acids is 1. The zero-order valence-corrected chi connectivity index (χ0v) is 17.0. The second-order valence-electron chi connectivity index (χ2n) is 6.84. The van der Waals surface area contributed by atoms with Crippen LogP contribution in [0.25, 0.3) is 0 Å². The Balaban J connectivity index is 1.55. The van der Waals surface area contributed by atoms with Gasteiger partial charge in [-0.25, -0.2) is 18.1 Å². The van der Waals surface area contributed by atoms with E-state index in [0.29, 0.717) is 18.5 Å². The zero-order chi connectivity index (χ0) is 19.3. The molecule has 1 saturated carbocycles. The molecule has 2 aromatic rings. The molecule has 1 aromatic heterocycles. The van der Waals surface area contributed by atoms with Crippen LogP contribution in [0.5, 0.6) is 0 Å². The number of thiazole rings is 1. The maximum absolute atomic E-state index is 12.5. The van der Waals surface area contributed by atoms with E-state index in [1.807, 2.05) is 30.3 Å². The standard InChI is InChI=1S/C19H25N3O3S2/c1-2-27(24,25)22-16-10-6-9-15(12-16)20-19(23)17-13-26-18(21-17)11-14-7-4-3-5-8-14/h3-5,7-8,13,15-16,22H,2,6,9-12H2,1H3,(H,20,23)/t15-,16-/m1/s1. The predicted molar refractivity (Wildman–Crippen MR) is 107 cm³/mol. The van der Waals surface area contributed by atoms with Crippen molar-refractivity contribution in [1.82, 2.24) is 15.0 Å². The van der Waals surface area contributed by atoms with Gasteiger partial charge in [-0.2, -0.15) is 0 Å². The third-order valence-corrected chi connectivity index (χ3v) is 7.02. The van der Waals surface area contributed by atoms with Crippen molar-refractivity contribution in [3.63, 3.8) is 0 Å². The van der Waals surface area contributed by atoms with E-state index >= 15 is 0 Å². The van der Waals surface area contributed by atoms with Gasteiger partial charge < -0.3 is 5.32 Å². The van der Waals surface area contributed by atoms with E-state index in [4.69, 9.17) is 0 Å². The van der Waals surface area contributed by atoms with Crippen molar-refractivity contribution in [2.45, 2.75) is 51.1 Å². The first-order valence-corrected chi connectivity index (χ1v) is 11.8. The molecular formula is C19H25N3O3S2. The molecule has 2 atom stereocenters. The highest BCUT2D eigenvalue weighted by Gasteiger charge is 2.26. The van der Waals surface area contributed by atoms with Gasteiger partial charge in [0.25, 0.3) is 5.91 Å². The van der Waals surface area contributed by atoms with Crippen LogP contribution < -0.4 is 10.0 Å². The lowest BCUT2D eigenvalue weighted by Crippen LogP contribution is -2.46. The molecule has 1 amide bonds. The van der Waals surface area contributed by atoms with Crippen molar-refractivity contribution in [2.75, 3.05) is 5.75 Å². The monoisotopic (exact) mass is 407 g/mol. The molecule has 146 valence electrons. The predicted octanol–water partition coefficient (Wildman–Crippen LogP) is 2.71. The fourth-order valence-electron chi connectivity index (χ4n) is 3.29. The van der Waals surface area contributed by atoms with Gasteiger partial charge in [0.05, 0.1) is 10.8 Å². The van der Waals surface area contributed by atoms with Crippen molar-refractivity contribution >= 4 is 27.3 Å². The summed E-state index contributed by atoms with van der Waals surface area (Å²) in [5, 5.41) is 5.71. The number of hydrogen-bond acceptors (Lipinski definition) is 5. The highest BCUT2D eigenvalue weighted by molar-refractivity contribution is 7.89. The van der Waals surface area contributed by atoms with Crippen LogP contribution in [0.1, 0.15) is 53.7 Å². The molecule has 0 radical (unpaired) electrons. The Morgan fingerprint density at radius 1 is 1.22 bits per heavy atom. The fourth-order valence-corrected chi connectivity index (χ4v) is 4.99. The van der Waals surface area contributed by atoms with E-state index < -0.39 is 10.0 Å². The third-order valence-electron chi connectivity index (χ3n) is 4.72. The first-order valence-electron chi connectivity index (χ1n) is 9.24. The minimum Gasteiger partial charge on any atom is -0.348 e. The summed E-state index contributed by atoms with van der Waals surface area (Å²) >= 11 is 1.48. The van der Waals surface area contributed by atoms with Crippen molar-refractivity contribution in [3.8, 4) is 0 Å². The van der Waals surface area contributed by atoms with Gasteiger partial charge in [-0.1, -0.05) is 30.3 Å². The van der Waals surface area contributed by atoms with E-state index in [1.165, 1.54) is 11.3 Å². The summed E-state index contributed by atoms with van der Waals surface area (Å²) in [4.78, 5) is 17.0. The van der Waals surface area contributed by atoms with E-state index in [-0.39, 0.29) is 23.7 Å². The molecule has 3 rings (SSSR count). The van der Waals surface area contributed by atoms with Gasteiger partial charge in [0.2, 0.25) is 10.0 Å². The molecule has 0 saturated heterocycles. The van der Waals surface area contributed by atoms with Crippen LogP contribution in [-0.2, 0) is 16.4 Å². The van der Waals surface area contributed by atoms with Crippen molar-refractivity contribution < 1.29 is 13.2 Å². The summed E-state index contributed by atoms with van der Waals surface area (Å²) in [6.45, 7) is 1.62. The number of sulfonamides is 1. The van der Waals surface area contributed by atoms with Crippen LogP contribution in [0.3, 0.4) is 0 Å². The molecule has 0 bridgehead atoms. The molecule has 0 unspecified atom stereocenters. The molecule has 1 aromatic carbocycles. The third kappa shape index (κ3) is 5.85. The highest BCUT2D eigenvalue weighted by Crippen LogP contribution is 2.20. The van der Waals surface area contributed by atoms with Crippen LogP contribution in [0.4, 0.5) is 0 Å². The van der Waals surface area contributed by atoms with E-state index in [9.17, 15) is 13.2 Å². The largest absolute Gasteiger partial charge is 0.348 e. The average molecular weight is 408 g/mol. The second-order valence-corrected chi connectivity index (χ2v) is 9.83. The topological polar surface area (TPSA) is 88.2 Å². The molecule has 27 heavy (non-hydrogen) atoms. The zero-order valence-electron chi connectivity index (χ0n) is 15.3. The van der Waals surface area contributed by atoms with Crippen molar-refractivity contribution in [2.24, 2.45) is 0 Å². The minimum atomic E-state index is -3.22. The smallest absolute Gasteiger partial charge is 0.270 e. The number of nitrogens with zero attached hydrogens (tertiary/aromatic N) is 1. The summed E-state index contributed by atoms with van der Waals surface area (Å²) in [7, 11) is -3.22. The summed E-state index contributed by atoms with van der Waals surface area (Å²) in [5.41, 5.74) is 1.60. The Kier molecular flexibility index (Phi) is 6.62. The number of carbonyl (C=O) groups is 1. The van der Waals surface area contributed by atoms with Gasteiger partial charge >= 0.3 is 0 Å². The van der Waals surface area contributed by atoms with Crippen LogP contribution in [0, 0.1) is 0 Å². The lowest BCUT2D eigenvalue weighted by atomic mass is 9.91. The summed E-state index contributed by atoms with van der Waals surface area (Å²) in [6, 6.07) is 9.89. The van der Waals surface area contributed by atoms with Crippen LogP contribution >= 0.6 is 11.3 Å². The van der Waals surface area contributed by atoms with Crippen LogP contribution in [-0.4, -0.2) is 37.1 Å². The van der Waals surface area contributed by atoms with Crippen LogP contribution in [0.15, 0.2) is 35.7 Å². The fraction of sp³-hybridized carbons (Fsp3) is 0.474. The van der Waals surface area contributed by atoms with Crippen LogP contribution in [0.2, 0.25) is 0 Å². The molecule has 0 aliphatic heterocycles. The summed E-state index contributed by atoms with van der Waals surface area (Å²) in [5.74, 6) is -0.113. The molecule has 1 fully saturated rings. The lowest BCUT2D eigenvalue weighted by molar-refractivity contribution is 0.0920. The van der Waals surface area contributed by atoms with Gasteiger partial charge in [-0.05, 0) is 38.2 Å². The van der Waals surface area contributed by atoms with Gasteiger partial charge in [-0.15, -0.1) is 11.3 Å². The first kappa shape index (κ1) is 20.0. The summed E-state index contributed by atoms with van der Waals surface area (Å²) < 4.78 is 26.3. The maximum Gasteiger partial charge on any atom is 0.270 e. The molecule has 8 heteroatoms. The lowest BCUT2D eigenvalue weighted by Gasteiger charge is -2.29. The average Bonchev–Trinajstić information content (AvgIpc) is 3.11. The summed E-state index contributed by atoms with van der Waals surface area (Å²) in [6.07, 6.45) is 3.88. The number of benzene rings is 1. The number of amides is 1. The Morgan fingerprint density at radius 2 is 1.96 bits per heavy atom. The van der Waals surface area contributed by atoms with Crippen molar-refractivity contribution in [1.29, 1.82) is 0 Å². The molecule has 1 heterocycles. The Morgan fingerprint density at radius 3 is 2.70 bits per heavy atom. The van der Waals surface area contributed by atoms with Gasteiger partial charge in [-0.3, -0.25) is 4.79 Å². The molecule has 1 aliphatic carbocycles.